The van der Waals surface area contributed by atoms with Gasteiger partial charge in [0, 0.05) is 0 Å². The van der Waals surface area contributed by atoms with Gasteiger partial charge in [0.1, 0.15) is 0 Å². The molecule has 0 aliphatic heterocycles. The fourth-order valence-corrected chi connectivity index (χ4v) is 8.11. The number of rotatable bonds is 6. The van der Waals surface area contributed by atoms with E-state index in [9.17, 15) is 0 Å². The molecule has 26 heavy (non-hydrogen) atoms. The third-order valence-corrected chi connectivity index (χ3v) is 10.7. The first kappa shape index (κ1) is 19.3. The van der Waals surface area contributed by atoms with E-state index in [0.29, 0.717) is 6.10 Å². The normalized spacial score (nSPS) is 15.9. The molecule has 1 fully saturated rings. The maximum atomic E-state index is 6.31. The molecule has 138 valence electrons. The van der Waals surface area contributed by atoms with Gasteiger partial charge in [-0.25, -0.2) is 0 Å². The maximum absolute atomic E-state index is 6.31. The second-order valence-corrected chi connectivity index (χ2v) is 22.4. The number of hydrogen-bond donors (Lipinski definition) is 0. The minimum absolute atomic E-state index is 0.324. The van der Waals surface area contributed by atoms with Crippen LogP contribution in [0.2, 0.25) is 14.8 Å². The molecule has 1 aromatic heterocycles. The third kappa shape index (κ3) is 4.81. The second kappa shape index (κ2) is 8.47. The van der Waals surface area contributed by atoms with Gasteiger partial charge < -0.3 is 0 Å². The summed E-state index contributed by atoms with van der Waals surface area (Å²) in [7, 11) is 1.72. The van der Waals surface area contributed by atoms with Gasteiger partial charge in [0.2, 0.25) is 0 Å². The van der Waals surface area contributed by atoms with Gasteiger partial charge in [-0.2, -0.15) is 0 Å². The molecule has 1 aromatic carbocycles. The van der Waals surface area contributed by atoms with Gasteiger partial charge in [-0.05, 0) is 0 Å². The summed E-state index contributed by atoms with van der Waals surface area (Å²) in [6.45, 7) is 0. The molecule has 2 aromatic rings. The average Bonchev–Trinajstić information content (AvgIpc) is 3.13. The van der Waals surface area contributed by atoms with Crippen molar-refractivity contribution < 1.29 is 9.47 Å². The zero-order valence-corrected chi connectivity index (χ0v) is 19.1. The Morgan fingerprint density at radius 3 is 2.35 bits per heavy atom. The Labute approximate surface area is 161 Å². The van der Waals surface area contributed by atoms with Gasteiger partial charge in [0.15, 0.2) is 0 Å². The summed E-state index contributed by atoms with van der Waals surface area (Å²) in [6, 6.07) is 10.5. The number of ether oxygens (including phenoxy) is 2. The molecule has 3 rings (SSSR count). The summed E-state index contributed by atoms with van der Waals surface area (Å²) in [5, 5.41) is 0. The van der Waals surface area contributed by atoms with Crippen molar-refractivity contribution in [3.8, 4) is 11.5 Å². The van der Waals surface area contributed by atoms with E-state index >= 15 is 0 Å². The van der Waals surface area contributed by atoms with Gasteiger partial charge in [-0.3, -0.25) is 0 Å². The Bertz CT molecular complexity index is 759. The van der Waals surface area contributed by atoms with E-state index < -0.39 is 18.4 Å². The molecule has 0 bridgehead atoms. The van der Waals surface area contributed by atoms with E-state index in [2.05, 4.69) is 56.2 Å². The van der Waals surface area contributed by atoms with Crippen LogP contribution in [-0.4, -0.2) is 36.6 Å². The van der Waals surface area contributed by atoms with E-state index in [1.807, 2.05) is 12.4 Å². The van der Waals surface area contributed by atoms with Gasteiger partial charge in [-0.1, -0.05) is 0 Å². The SMILES string of the molecule is COc1ccc(/[C](=C/c2ccncc2)[Sn]([CH3])([CH3])[CH3])cc1OC1CCCC1. The van der Waals surface area contributed by atoms with Crippen molar-refractivity contribution in [3.05, 3.63) is 53.9 Å². The molecule has 1 aliphatic carbocycles. The van der Waals surface area contributed by atoms with Crippen LogP contribution in [0.3, 0.4) is 0 Å². The molecule has 1 aliphatic rings. The van der Waals surface area contributed by atoms with Crippen LogP contribution in [0.15, 0.2) is 42.7 Å². The predicted molar refractivity (Wildman–Crippen MR) is 111 cm³/mol. The topological polar surface area (TPSA) is 31.4 Å². The van der Waals surface area contributed by atoms with Crippen molar-refractivity contribution in [1.29, 1.82) is 0 Å². The molecule has 0 unspecified atom stereocenters. The Hall–Kier alpha value is -1.49. The third-order valence-electron chi connectivity index (χ3n) is 4.90. The summed E-state index contributed by atoms with van der Waals surface area (Å²) in [5.41, 5.74) is 2.47. The van der Waals surface area contributed by atoms with E-state index in [0.717, 1.165) is 24.3 Å². The van der Waals surface area contributed by atoms with Crippen LogP contribution in [0.5, 0.6) is 11.5 Å². The Kier molecular flexibility index (Phi) is 6.28. The monoisotopic (exact) mass is 459 g/mol. The Balaban J connectivity index is 1.99. The van der Waals surface area contributed by atoms with Crippen molar-refractivity contribution >= 4 is 28.0 Å². The van der Waals surface area contributed by atoms with Crippen molar-refractivity contribution in [1.82, 2.24) is 4.98 Å². The molecular formula is C22H29NO2Sn. The zero-order valence-electron chi connectivity index (χ0n) is 16.3. The van der Waals surface area contributed by atoms with Gasteiger partial charge in [0.05, 0.1) is 0 Å². The number of aromatic nitrogens is 1. The van der Waals surface area contributed by atoms with Crippen molar-refractivity contribution in [2.45, 2.75) is 46.6 Å². The minimum atomic E-state index is -2.36. The summed E-state index contributed by atoms with van der Waals surface area (Å²) < 4.78 is 13.3. The first-order valence-electron chi connectivity index (χ1n) is 9.44. The number of methoxy groups -OCH3 is 1. The van der Waals surface area contributed by atoms with Gasteiger partial charge >= 0.3 is 162 Å². The van der Waals surface area contributed by atoms with Crippen LogP contribution in [-0.2, 0) is 0 Å². The predicted octanol–water partition coefficient (Wildman–Crippen LogP) is 5.83. The molecule has 3 nitrogen and oxygen atoms in total. The van der Waals surface area contributed by atoms with Crippen LogP contribution >= 0.6 is 0 Å². The van der Waals surface area contributed by atoms with Crippen LogP contribution < -0.4 is 9.47 Å². The van der Waals surface area contributed by atoms with E-state index in [1.54, 1.807) is 7.11 Å². The summed E-state index contributed by atoms with van der Waals surface area (Å²) in [6.07, 6.45) is 11.2. The first-order chi connectivity index (χ1) is 12.5. The summed E-state index contributed by atoms with van der Waals surface area (Å²) in [5.74, 6) is 1.71. The van der Waals surface area contributed by atoms with Crippen LogP contribution in [0, 0.1) is 0 Å². The van der Waals surface area contributed by atoms with E-state index in [4.69, 9.17) is 9.47 Å². The van der Waals surface area contributed by atoms with Crippen LogP contribution in [0.1, 0.15) is 36.8 Å². The Morgan fingerprint density at radius 2 is 1.73 bits per heavy atom. The zero-order chi connectivity index (χ0) is 18.6. The molecule has 0 spiro atoms. The fourth-order valence-electron chi connectivity index (χ4n) is 3.48. The van der Waals surface area contributed by atoms with Crippen LogP contribution in [0.25, 0.3) is 9.67 Å². The number of pyridine rings is 1. The quantitative estimate of drug-likeness (QED) is 0.511. The average molecular weight is 458 g/mol. The van der Waals surface area contributed by atoms with Crippen molar-refractivity contribution in [2.75, 3.05) is 7.11 Å². The second-order valence-electron chi connectivity index (χ2n) is 7.98. The van der Waals surface area contributed by atoms with Crippen molar-refractivity contribution in [2.24, 2.45) is 0 Å². The molecule has 0 atom stereocenters. The molecular weight excluding hydrogens is 429 g/mol. The fraction of sp³-hybridized carbons (Fsp3) is 0.409. The molecule has 0 radical (unpaired) electrons. The molecule has 4 heteroatoms. The van der Waals surface area contributed by atoms with Crippen molar-refractivity contribution in [3.63, 3.8) is 0 Å². The molecule has 0 saturated heterocycles. The molecule has 1 heterocycles. The van der Waals surface area contributed by atoms with Gasteiger partial charge in [0.25, 0.3) is 0 Å². The van der Waals surface area contributed by atoms with Gasteiger partial charge in [-0.15, -0.1) is 0 Å². The molecule has 0 amide bonds. The first-order valence-corrected chi connectivity index (χ1v) is 19.4. The number of nitrogens with zero attached hydrogens (tertiary/aromatic N) is 1. The number of benzene rings is 1. The molecule has 1 saturated carbocycles. The number of hydrogen-bond acceptors (Lipinski definition) is 3. The summed E-state index contributed by atoms with van der Waals surface area (Å²) >= 11 is -2.36. The standard InChI is InChI=1S/C19H20NO2.3CH3.Sn/c1-21-18-9-8-16(7-6-15-10-12-20-13-11-15)14-19(18)22-17-4-2-3-5-17;;;;/h6,8-14,17H,2-5H2,1H3;3*1H3;. The van der Waals surface area contributed by atoms with E-state index in [1.165, 1.54) is 27.6 Å². The summed E-state index contributed by atoms with van der Waals surface area (Å²) in [4.78, 5) is 11.5. The van der Waals surface area contributed by atoms with E-state index in [-0.39, 0.29) is 0 Å². The van der Waals surface area contributed by atoms with Crippen LogP contribution in [0.4, 0.5) is 0 Å². The molecule has 0 N–H and O–H groups in total. The Morgan fingerprint density at radius 1 is 1.04 bits per heavy atom.